The monoisotopic (exact) mass is 419 g/mol. The van der Waals surface area contributed by atoms with Crippen LogP contribution in [0.25, 0.3) is 0 Å². The van der Waals surface area contributed by atoms with E-state index in [9.17, 15) is 22.7 Å². The molecule has 156 valence electrons. The van der Waals surface area contributed by atoms with Crippen molar-refractivity contribution >= 4 is 15.9 Å². The molecule has 0 bridgehead atoms. The fourth-order valence-electron chi connectivity index (χ4n) is 3.83. The minimum absolute atomic E-state index is 0.0869. The highest BCUT2D eigenvalue weighted by molar-refractivity contribution is 7.89. The standard InChI is InChI=1S/C22H26FNO4S/c1-3-16-14-19(9-12-21(25)17-5-4-6-18(23)13-17)24(22(16)26)29(27,28)20-10-7-15(2)8-11-20/h4-8,10-11,13,16,19,21,25H,3,9,12,14H2,1-2H3. The van der Waals surface area contributed by atoms with E-state index < -0.39 is 33.9 Å². The van der Waals surface area contributed by atoms with Gasteiger partial charge in [-0.2, -0.15) is 0 Å². The Labute approximate surface area is 171 Å². The molecule has 0 spiro atoms. The number of carbonyl (C=O) groups excluding carboxylic acids is 1. The van der Waals surface area contributed by atoms with Crippen LogP contribution in [-0.2, 0) is 14.8 Å². The van der Waals surface area contributed by atoms with Gasteiger partial charge in [0.05, 0.1) is 11.0 Å². The van der Waals surface area contributed by atoms with Crippen LogP contribution in [-0.4, -0.2) is 29.8 Å². The minimum Gasteiger partial charge on any atom is -0.388 e. The number of nitrogens with zero attached hydrogens (tertiary/aromatic N) is 1. The maximum absolute atomic E-state index is 13.4. The summed E-state index contributed by atoms with van der Waals surface area (Å²) in [5.74, 6) is -1.18. The van der Waals surface area contributed by atoms with Gasteiger partial charge in [0.2, 0.25) is 5.91 Å². The molecule has 1 aliphatic rings. The number of hydrogen-bond donors (Lipinski definition) is 1. The number of rotatable bonds is 7. The Balaban J connectivity index is 1.82. The molecule has 0 aliphatic carbocycles. The van der Waals surface area contributed by atoms with Gasteiger partial charge in [-0.05, 0) is 62.4 Å². The van der Waals surface area contributed by atoms with Gasteiger partial charge >= 0.3 is 0 Å². The van der Waals surface area contributed by atoms with Gasteiger partial charge in [-0.3, -0.25) is 4.79 Å². The lowest BCUT2D eigenvalue weighted by Gasteiger charge is -2.25. The highest BCUT2D eigenvalue weighted by Gasteiger charge is 2.45. The van der Waals surface area contributed by atoms with Crippen LogP contribution in [0, 0.1) is 18.7 Å². The molecule has 3 atom stereocenters. The molecule has 1 saturated heterocycles. The second-order valence-corrected chi connectivity index (χ2v) is 9.41. The van der Waals surface area contributed by atoms with E-state index in [0.29, 0.717) is 24.8 Å². The maximum atomic E-state index is 13.4. The summed E-state index contributed by atoms with van der Waals surface area (Å²) in [5.41, 5.74) is 1.37. The molecule has 3 rings (SSSR count). The third kappa shape index (κ3) is 4.51. The molecule has 1 aliphatic heterocycles. The average molecular weight is 420 g/mol. The van der Waals surface area contributed by atoms with Crippen LogP contribution in [0.3, 0.4) is 0 Å². The second-order valence-electron chi connectivity index (χ2n) is 7.60. The number of halogens is 1. The Bertz CT molecular complexity index is 975. The van der Waals surface area contributed by atoms with E-state index in [1.165, 1.54) is 30.3 Å². The topological polar surface area (TPSA) is 74.7 Å². The highest BCUT2D eigenvalue weighted by Crippen LogP contribution is 2.36. The summed E-state index contributed by atoms with van der Waals surface area (Å²) in [6.07, 6.45) is 0.603. The Morgan fingerprint density at radius 2 is 1.90 bits per heavy atom. The normalized spacial score (nSPS) is 20.8. The van der Waals surface area contributed by atoms with Crippen LogP contribution in [0.15, 0.2) is 53.4 Å². The third-order valence-electron chi connectivity index (χ3n) is 5.53. The van der Waals surface area contributed by atoms with Gasteiger partial charge in [-0.25, -0.2) is 17.1 Å². The molecule has 5 nitrogen and oxygen atoms in total. The van der Waals surface area contributed by atoms with E-state index in [0.717, 1.165) is 9.87 Å². The van der Waals surface area contributed by atoms with Crippen molar-refractivity contribution in [1.82, 2.24) is 4.31 Å². The van der Waals surface area contributed by atoms with Crippen molar-refractivity contribution in [2.24, 2.45) is 5.92 Å². The van der Waals surface area contributed by atoms with Crippen molar-refractivity contribution in [2.45, 2.75) is 56.6 Å². The molecule has 1 amide bonds. The van der Waals surface area contributed by atoms with Crippen LogP contribution in [0.2, 0.25) is 0 Å². The molecule has 29 heavy (non-hydrogen) atoms. The molecule has 0 radical (unpaired) electrons. The summed E-state index contributed by atoms with van der Waals surface area (Å²) in [7, 11) is -3.97. The first-order chi connectivity index (χ1) is 13.7. The number of benzene rings is 2. The SMILES string of the molecule is CCC1CC(CCC(O)c2cccc(F)c2)N(S(=O)(=O)c2ccc(C)cc2)C1=O. The first-order valence-electron chi connectivity index (χ1n) is 9.82. The molecule has 0 aromatic heterocycles. The van der Waals surface area contributed by atoms with Crippen LogP contribution in [0.4, 0.5) is 4.39 Å². The number of amides is 1. The fraction of sp³-hybridized carbons (Fsp3) is 0.409. The van der Waals surface area contributed by atoms with Crippen LogP contribution >= 0.6 is 0 Å². The van der Waals surface area contributed by atoms with Crippen molar-refractivity contribution in [3.63, 3.8) is 0 Å². The van der Waals surface area contributed by atoms with Crippen LogP contribution < -0.4 is 0 Å². The van der Waals surface area contributed by atoms with E-state index >= 15 is 0 Å². The van der Waals surface area contributed by atoms with Crippen molar-refractivity contribution < 1.29 is 22.7 Å². The van der Waals surface area contributed by atoms with E-state index in [-0.39, 0.29) is 17.2 Å². The Morgan fingerprint density at radius 1 is 1.21 bits per heavy atom. The number of hydrogen-bond acceptors (Lipinski definition) is 4. The number of aliphatic hydroxyl groups excluding tert-OH is 1. The Kier molecular flexibility index (Phi) is 6.39. The molecular formula is C22H26FNO4S. The van der Waals surface area contributed by atoms with E-state index in [1.807, 2.05) is 13.8 Å². The predicted molar refractivity (Wildman–Crippen MR) is 108 cm³/mol. The predicted octanol–water partition coefficient (Wildman–Crippen LogP) is 3.96. The zero-order valence-electron chi connectivity index (χ0n) is 16.6. The highest BCUT2D eigenvalue weighted by atomic mass is 32.2. The zero-order chi connectivity index (χ0) is 21.2. The van der Waals surface area contributed by atoms with E-state index in [4.69, 9.17) is 0 Å². The molecule has 7 heteroatoms. The molecule has 2 aromatic rings. The van der Waals surface area contributed by atoms with Gasteiger partial charge in [0.25, 0.3) is 10.0 Å². The van der Waals surface area contributed by atoms with Crippen molar-refractivity contribution in [2.75, 3.05) is 0 Å². The van der Waals surface area contributed by atoms with Crippen LogP contribution in [0.5, 0.6) is 0 Å². The first-order valence-corrected chi connectivity index (χ1v) is 11.3. The lowest BCUT2D eigenvalue weighted by molar-refractivity contribution is -0.127. The average Bonchev–Trinajstić information content (AvgIpc) is 3.02. The third-order valence-corrected chi connectivity index (χ3v) is 7.40. The number of aliphatic hydroxyl groups is 1. The first kappa shape index (κ1) is 21.5. The largest absolute Gasteiger partial charge is 0.388 e. The lowest BCUT2D eigenvalue weighted by atomic mass is 9.97. The van der Waals surface area contributed by atoms with Crippen molar-refractivity contribution in [3.8, 4) is 0 Å². The van der Waals surface area contributed by atoms with Gasteiger partial charge in [0, 0.05) is 12.0 Å². The fourth-order valence-corrected chi connectivity index (χ4v) is 5.51. The Hall–Kier alpha value is -2.25. The molecule has 0 saturated carbocycles. The second kappa shape index (κ2) is 8.63. The summed E-state index contributed by atoms with van der Waals surface area (Å²) in [4.78, 5) is 12.9. The smallest absolute Gasteiger partial charge is 0.266 e. The van der Waals surface area contributed by atoms with Gasteiger partial charge in [0.15, 0.2) is 0 Å². The molecule has 3 unspecified atom stereocenters. The quantitative estimate of drug-likeness (QED) is 0.737. The summed E-state index contributed by atoms with van der Waals surface area (Å²) in [6.45, 7) is 3.73. The summed E-state index contributed by atoms with van der Waals surface area (Å²) >= 11 is 0. The molecule has 2 aromatic carbocycles. The van der Waals surface area contributed by atoms with Gasteiger partial charge in [0.1, 0.15) is 5.82 Å². The number of carbonyl (C=O) groups is 1. The van der Waals surface area contributed by atoms with E-state index in [1.54, 1.807) is 18.2 Å². The van der Waals surface area contributed by atoms with E-state index in [2.05, 4.69) is 0 Å². The molecule has 1 heterocycles. The zero-order valence-corrected chi connectivity index (χ0v) is 17.4. The molecule has 1 fully saturated rings. The molecular weight excluding hydrogens is 393 g/mol. The van der Waals surface area contributed by atoms with Gasteiger partial charge < -0.3 is 5.11 Å². The number of aryl methyl sites for hydroxylation is 1. The maximum Gasteiger partial charge on any atom is 0.266 e. The van der Waals surface area contributed by atoms with Crippen LogP contribution in [0.1, 0.15) is 49.8 Å². The number of sulfonamides is 1. The van der Waals surface area contributed by atoms with Crippen molar-refractivity contribution in [1.29, 1.82) is 0 Å². The minimum atomic E-state index is -3.97. The Morgan fingerprint density at radius 3 is 2.52 bits per heavy atom. The summed E-state index contributed by atoms with van der Waals surface area (Å²) in [6, 6.07) is 11.6. The lowest BCUT2D eigenvalue weighted by Crippen LogP contribution is -2.39. The summed E-state index contributed by atoms with van der Waals surface area (Å²) in [5, 5.41) is 10.4. The van der Waals surface area contributed by atoms with Gasteiger partial charge in [-0.15, -0.1) is 0 Å². The van der Waals surface area contributed by atoms with Gasteiger partial charge in [-0.1, -0.05) is 36.8 Å². The summed E-state index contributed by atoms with van der Waals surface area (Å²) < 4.78 is 40.8. The molecule has 1 N–H and O–H groups in total. The van der Waals surface area contributed by atoms with Crippen molar-refractivity contribution in [3.05, 3.63) is 65.5 Å².